The fourth-order valence-corrected chi connectivity index (χ4v) is 3.55. The maximum atomic E-state index is 9.88. The lowest BCUT2D eigenvalue weighted by molar-refractivity contribution is 0.0791. The zero-order valence-electron chi connectivity index (χ0n) is 15.8. The van der Waals surface area contributed by atoms with Crippen molar-refractivity contribution in [3.05, 3.63) is 65.9 Å². The van der Waals surface area contributed by atoms with Gasteiger partial charge in [0.2, 0.25) is 0 Å². The summed E-state index contributed by atoms with van der Waals surface area (Å²) in [6.45, 7) is 2.63. The minimum absolute atomic E-state index is 0.204. The van der Waals surface area contributed by atoms with Crippen molar-refractivity contribution in [2.45, 2.75) is 26.0 Å². The van der Waals surface area contributed by atoms with E-state index in [2.05, 4.69) is 40.7 Å². The minimum Gasteiger partial charge on any atom is -0.394 e. The Labute approximate surface area is 163 Å². The van der Waals surface area contributed by atoms with Gasteiger partial charge in [0.25, 0.3) is 0 Å². The fraction of sp³-hybridized carbons (Fsp3) is 0.273. The van der Waals surface area contributed by atoms with E-state index >= 15 is 0 Å². The summed E-state index contributed by atoms with van der Waals surface area (Å²) in [4.78, 5) is 4.78. The van der Waals surface area contributed by atoms with Crippen LogP contribution in [0.5, 0.6) is 0 Å². The summed E-state index contributed by atoms with van der Waals surface area (Å²) in [5.74, 6) is 0. The molecule has 0 fully saturated rings. The normalized spacial score (nSPS) is 12.5. The molecule has 0 bridgehead atoms. The van der Waals surface area contributed by atoms with Gasteiger partial charge in [-0.05, 0) is 25.0 Å². The SMILES string of the molecule is Cc1nn(C[C@H](O)CO)c2nc3ccccc3c(NCCc3ccccc3)c12. The van der Waals surface area contributed by atoms with E-state index in [0.29, 0.717) is 5.65 Å². The first kappa shape index (κ1) is 18.4. The number of pyridine rings is 1. The Hall–Kier alpha value is -2.96. The first-order chi connectivity index (χ1) is 13.7. The quantitative estimate of drug-likeness (QED) is 0.462. The zero-order valence-corrected chi connectivity index (χ0v) is 15.8. The van der Waals surface area contributed by atoms with Crippen molar-refractivity contribution in [1.82, 2.24) is 14.8 Å². The molecule has 0 aliphatic rings. The van der Waals surface area contributed by atoms with Crippen LogP contribution in [-0.2, 0) is 13.0 Å². The summed E-state index contributed by atoms with van der Waals surface area (Å²) < 4.78 is 1.68. The number of anilines is 1. The molecule has 0 aliphatic carbocycles. The lowest BCUT2D eigenvalue weighted by atomic mass is 10.1. The Balaban J connectivity index is 1.75. The number of rotatable bonds is 7. The molecule has 6 heteroatoms. The van der Waals surface area contributed by atoms with Crippen LogP contribution in [0.25, 0.3) is 21.9 Å². The summed E-state index contributed by atoms with van der Waals surface area (Å²) in [5, 5.41) is 29.2. The second-order valence-corrected chi connectivity index (χ2v) is 6.97. The average Bonchev–Trinajstić information content (AvgIpc) is 3.03. The third-order valence-corrected chi connectivity index (χ3v) is 4.90. The van der Waals surface area contributed by atoms with Crippen LogP contribution < -0.4 is 5.32 Å². The molecule has 0 amide bonds. The van der Waals surface area contributed by atoms with Crippen LogP contribution in [0.3, 0.4) is 0 Å². The Bertz CT molecular complexity index is 1090. The van der Waals surface area contributed by atoms with Crippen LogP contribution in [0.2, 0.25) is 0 Å². The smallest absolute Gasteiger partial charge is 0.160 e. The molecule has 4 rings (SSSR count). The van der Waals surface area contributed by atoms with Crippen molar-refractivity contribution in [3.8, 4) is 0 Å². The van der Waals surface area contributed by atoms with E-state index in [0.717, 1.165) is 40.6 Å². The van der Waals surface area contributed by atoms with Gasteiger partial charge in [0.05, 0.1) is 41.5 Å². The number of hydrogen-bond donors (Lipinski definition) is 3. The number of para-hydroxylation sites is 1. The molecular formula is C22H24N4O2. The molecule has 2 aromatic heterocycles. The van der Waals surface area contributed by atoms with E-state index in [9.17, 15) is 10.2 Å². The van der Waals surface area contributed by atoms with Crippen LogP contribution in [-0.4, -0.2) is 44.2 Å². The van der Waals surface area contributed by atoms with Crippen molar-refractivity contribution in [3.63, 3.8) is 0 Å². The Morgan fingerprint density at radius 1 is 1.07 bits per heavy atom. The Morgan fingerprint density at radius 3 is 2.61 bits per heavy atom. The van der Waals surface area contributed by atoms with E-state index in [1.807, 2.05) is 31.2 Å². The van der Waals surface area contributed by atoms with Gasteiger partial charge in [-0.2, -0.15) is 5.10 Å². The third kappa shape index (κ3) is 3.56. The van der Waals surface area contributed by atoms with Crippen LogP contribution in [0.15, 0.2) is 54.6 Å². The second-order valence-electron chi connectivity index (χ2n) is 6.97. The van der Waals surface area contributed by atoms with Gasteiger partial charge in [-0.15, -0.1) is 0 Å². The lowest BCUT2D eigenvalue weighted by Crippen LogP contribution is -2.20. The van der Waals surface area contributed by atoms with Crippen LogP contribution in [0.4, 0.5) is 5.69 Å². The summed E-state index contributed by atoms with van der Waals surface area (Å²) in [6, 6.07) is 18.4. The molecule has 0 spiro atoms. The highest BCUT2D eigenvalue weighted by Gasteiger charge is 2.18. The van der Waals surface area contributed by atoms with Gasteiger partial charge in [0.15, 0.2) is 5.65 Å². The molecule has 4 aromatic rings. The minimum atomic E-state index is -0.870. The highest BCUT2D eigenvalue weighted by molar-refractivity contribution is 6.07. The van der Waals surface area contributed by atoms with Crippen molar-refractivity contribution >= 4 is 27.6 Å². The van der Waals surface area contributed by atoms with Gasteiger partial charge in [0.1, 0.15) is 0 Å². The summed E-state index contributed by atoms with van der Waals surface area (Å²) in [7, 11) is 0. The Kier molecular flexibility index (Phi) is 5.23. The summed E-state index contributed by atoms with van der Waals surface area (Å²) in [5.41, 5.74) is 4.73. The highest BCUT2D eigenvalue weighted by atomic mass is 16.3. The Morgan fingerprint density at radius 2 is 1.82 bits per heavy atom. The van der Waals surface area contributed by atoms with Gasteiger partial charge in [-0.3, -0.25) is 0 Å². The fourth-order valence-electron chi connectivity index (χ4n) is 3.55. The molecule has 0 saturated heterocycles. The standard InChI is InChI=1S/C22H24N4O2/c1-15-20-21(23-12-11-16-7-3-2-4-8-16)18-9-5-6-10-19(18)24-22(20)26(25-15)13-17(28)14-27/h2-10,17,27-28H,11-14H2,1H3,(H,23,24)/t17-/m0/s1. The predicted molar refractivity (Wildman–Crippen MR) is 111 cm³/mol. The number of aromatic nitrogens is 3. The number of nitrogens with one attached hydrogen (secondary N) is 1. The van der Waals surface area contributed by atoms with E-state index in [1.165, 1.54) is 5.56 Å². The van der Waals surface area contributed by atoms with E-state index in [1.54, 1.807) is 4.68 Å². The largest absolute Gasteiger partial charge is 0.394 e. The van der Waals surface area contributed by atoms with Crippen molar-refractivity contribution in [2.75, 3.05) is 18.5 Å². The van der Waals surface area contributed by atoms with Crippen molar-refractivity contribution < 1.29 is 10.2 Å². The van der Waals surface area contributed by atoms with Crippen molar-refractivity contribution in [2.24, 2.45) is 0 Å². The molecule has 0 saturated carbocycles. The molecule has 0 radical (unpaired) electrons. The first-order valence-electron chi connectivity index (χ1n) is 9.50. The van der Waals surface area contributed by atoms with E-state index in [-0.39, 0.29) is 13.2 Å². The number of aliphatic hydroxyl groups is 2. The third-order valence-electron chi connectivity index (χ3n) is 4.90. The number of hydrogen-bond acceptors (Lipinski definition) is 5. The lowest BCUT2D eigenvalue weighted by Gasteiger charge is -2.13. The number of benzene rings is 2. The highest BCUT2D eigenvalue weighted by Crippen LogP contribution is 2.33. The first-order valence-corrected chi connectivity index (χ1v) is 9.50. The maximum Gasteiger partial charge on any atom is 0.160 e. The predicted octanol–water partition coefficient (Wildman–Crippen LogP) is 2.90. The molecule has 144 valence electrons. The van der Waals surface area contributed by atoms with E-state index < -0.39 is 6.10 Å². The molecule has 0 aliphatic heterocycles. The number of nitrogens with zero attached hydrogens (tertiary/aromatic N) is 3. The zero-order chi connectivity index (χ0) is 19.5. The van der Waals surface area contributed by atoms with E-state index in [4.69, 9.17) is 4.98 Å². The summed E-state index contributed by atoms with van der Waals surface area (Å²) in [6.07, 6.45) is 0.0420. The molecule has 2 heterocycles. The molecule has 3 N–H and O–H groups in total. The summed E-state index contributed by atoms with van der Waals surface area (Å²) >= 11 is 0. The second kappa shape index (κ2) is 7.96. The average molecular weight is 376 g/mol. The van der Waals surface area contributed by atoms with Crippen molar-refractivity contribution in [1.29, 1.82) is 0 Å². The van der Waals surface area contributed by atoms with Crippen LogP contribution in [0.1, 0.15) is 11.3 Å². The molecule has 28 heavy (non-hydrogen) atoms. The number of fused-ring (bicyclic) bond motifs is 2. The van der Waals surface area contributed by atoms with Gasteiger partial charge >= 0.3 is 0 Å². The topological polar surface area (TPSA) is 83.2 Å². The number of aliphatic hydroxyl groups excluding tert-OH is 2. The number of aryl methyl sites for hydroxylation is 1. The van der Waals surface area contributed by atoms with Crippen LogP contribution in [0, 0.1) is 6.92 Å². The van der Waals surface area contributed by atoms with Crippen LogP contribution >= 0.6 is 0 Å². The van der Waals surface area contributed by atoms with Gasteiger partial charge < -0.3 is 15.5 Å². The molecule has 2 aromatic carbocycles. The monoisotopic (exact) mass is 376 g/mol. The van der Waals surface area contributed by atoms with Gasteiger partial charge in [-0.25, -0.2) is 9.67 Å². The van der Waals surface area contributed by atoms with Gasteiger partial charge in [-0.1, -0.05) is 48.5 Å². The molecule has 1 atom stereocenters. The molecule has 6 nitrogen and oxygen atoms in total. The molecule has 0 unspecified atom stereocenters. The van der Waals surface area contributed by atoms with Gasteiger partial charge in [0, 0.05) is 11.9 Å². The molecular weight excluding hydrogens is 352 g/mol. The maximum absolute atomic E-state index is 9.88.